The highest BCUT2D eigenvalue weighted by Crippen LogP contribution is 2.17. The van der Waals surface area contributed by atoms with Crippen LogP contribution in [0.3, 0.4) is 0 Å². The number of anilines is 1. The van der Waals surface area contributed by atoms with Gasteiger partial charge in [0.25, 0.3) is 5.91 Å². The summed E-state index contributed by atoms with van der Waals surface area (Å²) in [6, 6.07) is 24.9. The molecule has 154 valence electrons. The molecule has 6 nitrogen and oxygen atoms in total. The Morgan fingerprint density at radius 1 is 0.968 bits per heavy atom. The fraction of sp³-hybridized carbons (Fsp3) is 0.0800. The number of methoxy groups -OCH3 is 1. The molecule has 3 rings (SSSR count). The van der Waals surface area contributed by atoms with Crippen molar-refractivity contribution < 1.29 is 19.1 Å². The van der Waals surface area contributed by atoms with Crippen molar-refractivity contribution in [1.29, 1.82) is 5.26 Å². The molecule has 0 aliphatic heterocycles. The van der Waals surface area contributed by atoms with E-state index in [-0.39, 0.29) is 11.5 Å². The van der Waals surface area contributed by atoms with Crippen LogP contribution in [0, 0.1) is 11.3 Å². The number of carbonyl (C=O) groups excluding carboxylic acids is 2. The van der Waals surface area contributed by atoms with Gasteiger partial charge in [0.2, 0.25) is 0 Å². The molecule has 0 radical (unpaired) electrons. The first-order valence-electron chi connectivity index (χ1n) is 9.47. The summed E-state index contributed by atoms with van der Waals surface area (Å²) in [5, 5.41) is 12.0. The number of hydrogen-bond acceptors (Lipinski definition) is 5. The Morgan fingerprint density at radius 3 is 2.26 bits per heavy atom. The highest BCUT2D eigenvalue weighted by molar-refractivity contribution is 6.09. The molecule has 0 fully saturated rings. The summed E-state index contributed by atoms with van der Waals surface area (Å²) in [7, 11) is 1.34. The molecule has 3 aromatic carbocycles. The van der Waals surface area contributed by atoms with Gasteiger partial charge in [-0.05, 0) is 53.6 Å². The largest absolute Gasteiger partial charge is 0.489 e. The molecule has 0 heterocycles. The summed E-state index contributed by atoms with van der Waals surface area (Å²) < 4.78 is 10.4. The van der Waals surface area contributed by atoms with Crippen molar-refractivity contribution >= 4 is 23.6 Å². The number of nitrogens with one attached hydrogen (secondary N) is 1. The van der Waals surface area contributed by atoms with Crippen molar-refractivity contribution in [1.82, 2.24) is 0 Å². The van der Waals surface area contributed by atoms with Crippen LogP contribution in [0.2, 0.25) is 0 Å². The van der Waals surface area contributed by atoms with E-state index in [1.165, 1.54) is 13.2 Å². The Labute approximate surface area is 180 Å². The van der Waals surface area contributed by atoms with E-state index in [2.05, 4.69) is 10.1 Å². The molecule has 1 amide bonds. The maximum Gasteiger partial charge on any atom is 0.337 e. The van der Waals surface area contributed by atoms with Crippen LogP contribution in [0.1, 0.15) is 21.5 Å². The number of amides is 1. The van der Waals surface area contributed by atoms with Gasteiger partial charge in [-0.1, -0.05) is 42.5 Å². The molecule has 6 heteroatoms. The molecule has 0 unspecified atom stereocenters. The van der Waals surface area contributed by atoms with Crippen molar-refractivity contribution in [2.45, 2.75) is 6.61 Å². The lowest BCUT2D eigenvalue weighted by molar-refractivity contribution is -0.112. The van der Waals surface area contributed by atoms with Gasteiger partial charge in [0.05, 0.1) is 12.7 Å². The first kappa shape index (κ1) is 21.3. The molecule has 0 atom stereocenters. The zero-order valence-electron chi connectivity index (χ0n) is 16.9. The van der Waals surface area contributed by atoms with E-state index in [4.69, 9.17) is 4.74 Å². The molecular formula is C25H20N2O4. The summed E-state index contributed by atoms with van der Waals surface area (Å²) in [6.07, 6.45) is 1.52. The Morgan fingerprint density at radius 2 is 1.65 bits per heavy atom. The number of esters is 1. The minimum absolute atomic E-state index is 0.00298. The van der Waals surface area contributed by atoms with Gasteiger partial charge in [-0.25, -0.2) is 4.79 Å². The number of rotatable bonds is 7. The van der Waals surface area contributed by atoms with Crippen molar-refractivity contribution in [3.05, 3.63) is 101 Å². The SMILES string of the molecule is COC(=O)c1ccc(COc2ccc(/C=C(\C#N)C(=O)Nc3ccccc3)cc2)cc1. The third-order valence-electron chi connectivity index (χ3n) is 4.37. The number of ether oxygens (including phenoxy) is 2. The molecule has 0 bridgehead atoms. The van der Waals surface area contributed by atoms with Gasteiger partial charge in [-0.2, -0.15) is 5.26 Å². The number of hydrogen-bond donors (Lipinski definition) is 1. The van der Waals surface area contributed by atoms with Gasteiger partial charge < -0.3 is 14.8 Å². The van der Waals surface area contributed by atoms with Crippen molar-refractivity contribution in [2.24, 2.45) is 0 Å². The number of nitriles is 1. The quantitative estimate of drug-likeness (QED) is 0.348. The molecule has 3 aromatic rings. The van der Waals surface area contributed by atoms with Crippen LogP contribution in [0.25, 0.3) is 6.08 Å². The summed E-state index contributed by atoms with van der Waals surface area (Å²) in [4.78, 5) is 23.8. The van der Waals surface area contributed by atoms with E-state index in [9.17, 15) is 14.9 Å². The Kier molecular flexibility index (Phi) is 7.17. The van der Waals surface area contributed by atoms with Gasteiger partial charge >= 0.3 is 5.97 Å². The van der Waals surface area contributed by atoms with E-state index in [1.807, 2.05) is 12.1 Å². The van der Waals surface area contributed by atoms with Gasteiger partial charge in [-0.15, -0.1) is 0 Å². The monoisotopic (exact) mass is 412 g/mol. The average molecular weight is 412 g/mol. The molecule has 0 saturated heterocycles. The van der Waals surface area contributed by atoms with E-state index in [0.29, 0.717) is 29.2 Å². The first-order chi connectivity index (χ1) is 15.1. The maximum atomic E-state index is 12.3. The third-order valence-corrected chi connectivity index (χ3v) is 4.37. The van der Waals surface area contributed by atoms with Crippen LogP contribution in [-0.4, -0.2) is 19.0 Å². The highest BCUT2D eigenvalue weighted by atomic mass is 16.5. The second-order valence-electron chi connectivity index (χ2n) is 6.54. The van der Waals surface area contributed by atoms with E-state index in [1.54, 1.807) is 72.8 Å². The number of nitrogens with zero attached hydrogens (tertiary/aromatic N) is 1. The molecule has 31 heavy (non-hydrogen) atoms. The molecule has 0 aliphatic rings. The van der Waals surface area contributed by atoms with E-state index in [0.717, 1.165) is 5.56 Å². The Bertz CT molecular complexity index is 1110. The van der Waals surface area contributed by atoms with E-state index >= 15 is 0 Å². The van der Waals surface area contributed by atoms with Crippen LogP contribution in [0.15, 0.2) is 84.4 Å². The summed E-state index contributed by atoms with van der Waals surface area (Å²) in [5.41, 5.74) is 2.71. The zero-order valence-corrected chi connectivity index (χ0v) is 16.9. The van der Waals surface area contributed by atoms with Gasteiger partial charge in [0.1, 0.15) is 24.0 Å². The fourth-order valence-electron chi connectivity index (χ4n) is 2.72. The predicted molar refractivity (Wildman–Crippen MR) is 117 cm³/mol. The van der Waals surface area contributed by atoms with Crippen molar-refractivity contribution in [2.75, 3.05) is 12.4 Å². The molecular weight excluding hydrogens is 392 g/mol. The van der Waals surface area contributed by atoms with Crippen LogP contribution >= 0.6 is 0 Å². The topological polar surface area (TPSA) is 88.4 Å². The average Bonchev–Trinajstić information content (AvgIpc) is 2.82. The summed E-state index contributed by atoms with van der Waals surface area (Å²) >= 11 is 0. The smallest absolute Gasteiger partial charge is 0.337 e. The second kappa shape index (κ2) is 10.4. The van der Waals surface area contributed by atoms with Crippen LogP contribution in [0.4, 0.5) is 5.69 Å². The lowest BCUT2D eigenvalue weighted by Gasteiger charge is -2.08. The second-order valence-corrected chi connectivity index (χ2v) is 6.54. The lowest BCUT2D eigenvalue weighted by atomic mass is 10.1. The summed E-state index contributed by atoms with van der Waals surface area (Å²) in [6.45, 7) is 0.333. The Balaban J connectivity index is 1.60. The number of benzene rings is 3. The molecule has 0 aromatic heterocycles. The zero-order chi connectivity index (χ0) is 22.1. The minimum Gasteiger partial charge on any atom is -0.489 e. The van der Waals surface area contributed by atoms with Crippen molar-refractivity contribution in [3.63, 3.8) is 0 Å². The predicted octanol–water partition coefficient (Wildman–Crippen LogP) is 4.60. The van der Waals surface area contributed by atoms with Crippen LogP contribution in [0.5, 0.6) is 5.75 Å². The van der Waals surface area contributed by atoms with Crippen molar-refractivity contribution in [3.8, 4) is 11.8 Å². The van der Waals surface area contributed by atoms with E-state index < -0.39 is 5.91 Å². The molecule has 0 spiro atoms. The Hall–Kier alpha value is -4.37. The third kappa shape index (κ3) is 6.05. The minimum atomic E-state index is -0.468. The number of para-hydroxylation sites is 1. The van der Waals surface area contributed by atoms with Gasteiger partial charge in [-0.3, -0.25) is 4.79 Å². The van der Waals surface area contributed by atoms with Gasteiger partial charge in [0.15, 0.2) is 0 Å². The highest BCUT2D eigenvalue weighted by Gasteiger charge is 2.09. The van der Waals surface area contributed by atoms with Gasteiger partial charge in [0, 0.05) is 5.69 Å². The maximum absolute atomic E-state index is 12.3. The summed E-state index contributed by atoms with van der Waals surface area (Å²) in [5.74, 6) is -0.212. The normalized spacial score (nSPS) is 10.6. The number of carbonyl (C=O) groups is 2. The molecule has 1 N–H and O–H groups in total. The van der Waals surface area contributed by atoms with Crippen LogP contribution in [-0.2, 0) is 16.1 Å². The fourth-order valence-corrected chi connectivity index (χ4v) is 2.72. The van der Waals surface area contributed by atoms with Crippen LogP contribution < -0.4 is 10.1 Å². The molecule has 0 saturated carbocycles. The standard InChI is InChI=1S/C25H20N2O4/c1-30-25(29)20-11-7-19(8-12-20)17-31-23-13-9-18(10-14-23)15-21(16-26)24(28)27-22-5-3-2-4-6-22/h2-15H,17H2,1H3,(H,27,28)/b21-15+. The first-order valence-corrected chi connectivity index (χ1v) is 9.47. The molecule has 0 aliphatic carbocycles. The lowest BCUT2D eigenvalue weighted by Crippen LogP contribution is -2.13.